The van der Waals surface area contributed by atoms with Gasteiger partial charge >= 0.3 is 0 Å². The number of rotatable bonds is 2. The van der Waals surface area contributed by atoms with E-state index in [0.717, 1.165) is 44.8 Å². The van der Waals surface area contributed by atoms with Crippen LogP contribution in [0.5, 0.6) is 5.75 Å². The van der Waals surface area contributed by atoms with Crippen LogP contribution in [0.3, 0.4) is 0 Å². The van der Waals surface area contributed by atoms with Gasteiger partial charge in [-0.3, -0.25) is 0 Å². The lowest BCUT2D eigenvalue weighted by Gasteiger charge is -2.40. The Bertz CT molecular complexity index is 513. The van der Waals surface area contributed by atoms with Gasteiger partial charge in [0, 0.05) is 37.2 Å². The van der Waals surface area contributed by atoms with E-state index in [0.29, 0.717) is 18.4 Å². The van der Waals surface area contributed by atoms with Crippen LogP contribution in [0.4, 0.5) is 0 Å². The van der Waals surface area contributed by atoms with E-state index in [4.69, 9.17) is 19.9 Å². The van der Waals surface area contributed by atoms with E-state index in [1.165, 1.54) is 5.56 Å². The Morgan fingerprint density at radius 3 is 3.00 bits per heavy atom. The van der Waals surface area contributed by atoms with Crippen LogP contribution in [0, 0.1) is 5.92 Å². The first kappa shape index (κ1) is 13.6. The number of benzene rings is 1. The van der Waals surface area contributed by atoms with E-state index in [2.05, 4.69) is 12.1 Å². The molecule has 4 heteroatoms. The largest absolute Gasteiger partial charge is 0.493 e. The van der Waals surface area contributed by atoms with E-state index >= 15 is 0 Å². The van der Waals surface area contributed by atoms with Crippen molar-refractivity contribution in [2.45, 2.75) is 36.8 Å². The number of ether oxygens (including phenoxy) is 3. The smallest absolute Gasteiger partial charge is 0.122 e. The van der Waals surface area contributed by atoms with Crippen LogP contribution in [0.2, 0.25) is 0 Å². The summed E-state index contributed by atoms with van der Waals surface area (Å²) in [5.41, 5.74) is 7.84. The molecular formula is C17H23NO3. The molecule has 2 fully saturated rings. The number of para-hydroxylation sites is 1. The molecule has 3 aliphatic heterocycles. The first-order valence-corrected chi connectivity index (χ1v) is 7.96. The second-order valence-corrected chi connectivity index (χ2v) is 6.62. The van der Waals surface area contributed by atoms with E-state index in [1.807, 2.05) is 12.1 Å². The van der Waals surface area contributed by atoms with Crippen LogP contribution in [0.1, 0.15) is 30.7 Å². The maximum atomic E-state index is 6.64. The highest BCUT2D eigenvalue weighted by molar-refractivity contribution is 5.40. The molecule has 114 valence electrons. The summed E-state index contributed by atoms with van der Waals surface area (Å²) >= 11 is 0. The van der Waals surface area contributed by atoms with Crippen molar-refractivity contribution in [3.05, 3.63) is 29.8 Å². The normalized spacial score (nSPS) is 36.4. The third kappa shape index (κ3) is 2.35. The fourth-order valence-electron chi connectivity index (χ4n) is 4.09. The minimum atomic E-state index is -0.0699. The van der Waals surface area contributed by atoms with Crippen molar-refractivity contribution in [1.82, 2.24) is 0 Å². The first-order valence-electron chi connectivity index (χ1n) is 7.96. The van der Waals surface area contributed by atoms with E-state index in [9.17, 15) is 0 Å². The van der Waals surface area contributed by atoms with E-state index in [1.54, 1.807) is 0 Å². The highest BCUT2D eigenvalue weighted by Gasteiger charge is 2.44. The molecule has 0 saturated carbocycles. The topological polar surface area (TPSA) is 53.7 Å². The van der Waals surface area contributed by atoms with Gasteiger partial charge in [-0.05, 0) is 24.8 Å². The van der Waals surface area contributed by atoms with E-state index < -0.39 is 0 Å². The second-order valence-electron chi connectivity index (χ2n) is 6.62. The van der Waals surface area contributed by atoms with Gasteiger partial charge < -0.3 is 19.9 Å². The van der Waals surface area contributed by atoms with Gasteiger partial charge in [0.05, 0.1) is 18.8 Å². The molecule has 4 unspecified atom stereocenters. The number of hydrogen-bond acceptors (Lipinski definition) is 4. The average molecular weight is 289 g/mol. The summed E-state index contributed by atoms with van der Waals surface area (Å²) in [6, 6.07) is 8.42. The zero-order chi connectivity index (χ0) is 14.3. The van der Waals surface area contributed by atoms with Crippen LogP contribution in [0.15, 0.2) is 24.3 Å². The van der Waals surface area contributed by atoms with Crippen LogP contribution < -0.4 is 10.5 Å². The zero-order valence-electron chi connectivity index (χ0n) is 12.3. The summed E-state index contributed by atoms with van der Waals surface area (Å²) in [4.78, 5) is 0. The molecule has 4 rings (SSSR count). The molecule has 2 N–H and O–H groups in total. The van der Waals surface area contributed by atoms with Crippen molar-refractivity contribution in [3.8, 4) is 5.75 Å². The molecule has 4 atom stereocenters. The minimum absolute atomic E-state index is 0.0699. The van der Waals surface area contributed by atoms with E-state index in [-0.39, 0.29) is 11.6 Å². The van der Waals surface area contributed by atoms with Gasteiger partial charge in [-0.25, -0.2) is 0 Å². The predicted octanol–water partition coefficient (Wildman–Crippen LogP) is 2.08. The van der Waals surface area contributed by atoms with Gasteiger partial charge in [0.25, 0.3) is 0 Å². The molecule has 1 spiro atoms. The predicted molar refractivity (Wildman–Crippen MR) is 79.5 cm³/mol. The highest BCUT2D eigenvalue weighted by atomic mass is 16.6. The van der Waals surface area contributed by atoms with Gasteiger partial charge in [-0.15, -0.1) is 0 Å². The molecule has 0 aromatic heterocycles. The van der Waals surface area contributed by atoms with Crippen molar-refractivity contribution < 1.29 is 14.2 Å². The number of fused-ring (bicyclic) bond motifs is 1. The number of hydrogen-bond donors (Lipinski definition) is 1. The monoisotopic (exact) mass is 289 g/mol. The van der Waals surface area contributed by atoms with Crippen LogP contribution in [-0.2, 0) is 9.47 Å². The molecule has 0 radical (unpaired) electrons. The van der Waals surface area contributed by atoms with Gasteiger partial charge in [0.2, 0.25) is 0 Å². The maximum absolute atomic E-state index is 6.64. The third-order valence-corrected chi connectivity index (χ3v) is 5.34. The first-order chi connectivity index (χ1) is 10.3. The summed E-state index contributed by atoms with van der Waals surface area (Å²) in [5, 5.41) is 0. The van der Waals surface area contributed by atoms with Crippen LogP contribution >= 0.6 is 0 Å². The summed E-state index contributed by atoms with van der Waals surface area (Å²) in [6.07, 6.45) is 3.07. The fraction of sp³-hybridized carbons (Fsp3) is 0.647. The fourth-order valence-corrected chi connectivity index (χ4v) is 4.09. The molecule has 0 amide bonds. The van der Waals surface area contributed by atoms with Crippen molar-refractivity contribution in [2.75, 3.05) is 26.4 Å². The Kier molecular flexibility index (Phi) is 3.40. The Morgan fingerprint density at radius 2 is 2.14 bits per heavy atom. The lowest BCUT2D eigenvalue weighted by molar-refractivity contribution is -0.102. The van der Waals surface area contributed by atoms with Crippen LogP contribution in [-0.4, -0.2) is 38.1 Å². The third-order valence-electron chi connectivity index (χ3n) is 5.34. The summed E-state index contributed by atoms with van der Waals surface area (Å²) in [7, 11) is 0. The molecule has 0 aliphatic carbocycles. The maximum Gasteiger partial charge on any atom is 0.122 e. The van der Waals surface area contributed by atoms with Crippen LogP contribution in [0.25, 0.3) is 0 Å². The van der Waals surface area contributed by atoms with Gasteiger partial charge in [0.1, 0.15) is 5.75 Å². The zero-order valence-corrected chi connectivity index (χ0v) is 12.3. The van der Waals surface area contributed by atoms with Crippen molar-refractivity contribution in [3.63, 3.8) is 0 Å². The lowest BCUT2D eigenvalue weighted by Crippen LogP contribution is -2.47. The molecule has 21 heavy (non-hydrogen) atoms. The van der Waals surface area contributed by atoms with Gasteiger partial charge in [0.15, 0.2) is 0 Å². The second kappa shape index (κ2) is 5.27. The molecule has 2 saturated heterocycles. The standard InChI is InChI=1S/C17H23NO3/c18-16(14-10-20-15-4-2-1-3-13(14)15)12-5-7-21-17(9-12)6-8-19-11-17/h1-4,12,14,16H,5-11,18H2. The SMILES string of the molecule is NC(C1CCOC2(CCOC2)C1)C1COc2ccccc21. The van der Waals surface area contributed by atoms with Gasteiger partial charge in [-0.1, -0.05) is 18.2 Å². The quantitative estimate of drug-likeness (QED) is 0.905. The molecule has 4 nitrogen and oxygen atoms in total. The minimum Gasteiger partial charge on any atom is -0.493 e. The van der Waals surface area contributed by atoms with Gasteiger partial charge in [-0.2, -0.15) is 0 Å². The highest BCUT2D eigenvalue weighted by Crippen LogP contribution is 2.42. The Labute approximate surface area is 125 Å². The Balaban J connectivity index is 1.51. The van der Waals surface area contributed by atoms with Crippen molar-refractivity contribution in [2.24, 2.45) is 11.7 Å². The molecule has 0 bridgehead atoms. The molecule has 3 heterocycles. The van der Waals surface area contributed by atoms with Crippen molar-refractivity contribution in [1.29, 1.82) is 0 Å². The average Bonchev–Trinajstić information content (AvgIpc) is 3.14. The molecular weight excluding hydrogens is 266 g/mol. The van der Waals surface area contributed by atoms with Crippen molar-refractivity contribution >= 4 is 0 Å². The molecule has 1 aromatic carbocycles. The summed E-state index contributed by atoms with van der Waals surface area (Å²) in [5.74, 6) is 1.80. The Hall–Kier alpha value is -1.10. The molecule has 1 aromatic rings. The lowest BCUT2D eigenvalue weighted by atomic mass is 9.76. The number of nitrogens with two attached hydrogens (primary N) is 1. The summed E-state index contributed by atoms with van der Waals surface area (Å²) in [6.45, 7) is 3.06. The Morgan fingerprint density at radius 1 is 1.24 bits per heavy atom. The summed E-state index contributed by atoms with van der Waals surface area (Å²) < 4.78 is 17.4. The molecule has 3 aliphatic rings.